The summed E-state index contributed by atoms with van der Waals surface area (Å²) in [6, 6.07) is 7.17. The smallest absolute Gasteiger partial charge is 0.251 e. The Balaban J connectivity index is 1.87. The summed E-state index contributed by atoms with van der Waals surface area (Å²) in [5, 5.41) is 8.81. The third-order valence-corrected chi connectivity index (χ3v) is 3.96. The van der Waals surface area contributed by atoms with Crippen LogP contribution in [0.5, 0.6) is 0 Å². The molecule has 1 aliphatic heterocycles. The highest BCUT2D eigenvalue weighted by molar-refractivity contribution is 5.93. The van der Waals surface area contributed by atoms with Crippen molar-refractivity contribution in [3.63, 3.8) is 0 Å². The number of hydrogen-bond acceptors (Lipinski definition) is 3. The van der Waals surface area contributed by atoms with Crippen LogP contribution in [0.2, 0.25) is 0 Å². The lowest BCUT2D eigenvalue weighted by atomic mass is 9.92. The van der Waals surface area contributed by atoms with Gasteiger partial charge < -0.3 is 16.0 Å². The molecule has 1 aliphatic rings. The third kappa shape index (κ3) is 4.04. The maximum atomic E-state index is 12.2. The molecule has 2 rings (SSSR count). The van der Waals surface area contributed by atoms with E-state index in [2.05, 4.69) is 22.9 Å². The largest absolute Gasteiger partial charge is 0.355 e. The van der Waals surface area contributed by atoms with Crippen LogP contribution in [0.1, 0.15) is 35.7 Å². The predicted octanol–water partition coefficient (Wildman–Crippen LogP) is 1.05. The van der Waals surface area contributed by atoms with Crippen molar-refractivity contribution in [3.05, 3.63) is 35.4 Å². The van der Waals surface area contributed by atoms with Gasteiger partial charge in [-0.25, -0.2) is 0 Å². The number of nitrogens with one attached hydrogen (secondary N) is 3. The van der Waals surface area contributed by atoms with E-state index in [1.807, 2.05) is 12.1 Å². The molecule has 0 bridgehead atoms. The van der Waals surface area contributed by atoms with Crippen molar-refractivity contribution in [1.82, 2.24) is 16.0 Å². The van der Waals surface area contributed by atoms with Gasteiger partial charge in [0.05, 0.1) is 6.04 Å². The first-order valence-electron chi connectivity index (χ1n) is 7.44. The minimum absolute atomic E-state index is 0.0533. The number of rotatable bonds is 4. The second-order valence-electron chi connectivity index (χ2n) is 5.55. The minimum Gasteiger partial charge on any atom is -0.355 e. The van der Waals surface area contributed by atoms with Gasteiger partial charge in [0.15, 0.2) is 0 Å². The van der Waals surface area contributed by atoms with Crippen LogP contribution in [-0.2, 0) is 11.3 Å². The Morgan fingerprint density at radius 1 is 1.29 bits per heavy atom. The van der Waals surface area contributed by atoms with Gasteiger partial charge in [-0.2, -0.15) is 0 Å². The fourth-order valence-corrected chi connectivity index (χ4v) is 2.62. The van der Waals surface area contributed by atoms with Gasteiger partial charge in [0.1, 0.15) is 0 Å². The molecule has 3 N–H and O–H groups in total. The predicted molar refractivity (Wildman–Crippen MR) is 81.9 cm³/mol. The fraction of sp³-hybridized carbons (Fsp3) is 0.500. The van der Waals surface area contributed by atoms with Crippen LogP contribution >= 0.6 is 0 Å². The summed E-state index contributed by atoms with van der Waals surface area (Å²) < 4.78 is 0. The molecule has 2 atom stereocenters. The Bertz CT molecular complexity index is 499. The van der Waals surface area contributed by atoms with Gasteiger partial charge in [0.2, 0.25) is 5.91 Å². The number of hydrogen-bond donors (Lipinski definition) is 3. The lowest BCUT2D eigenvalue weighted by Crippen LogP contribution is -2.50. The Morgan fingerprint density at radius 2 is 2.00 bits per heavy atom. The van der Waals surface area contributed by atoms with E-state index < -0.39 is 0 Å². The monoisotopic (exact) mass is 289 g/mol. The molecule has 5 heteroatoms. The SMILES string of the molecule is CNC(=O)c1ccc(CNC(=O)C2NCCCC2C)cc1. The van der Waals surface area contributed by atoms with Gasteiger partial charge in [0.25, 0.3) is 5.91 Å². The number of carbonyl (C=O) groups excluding carboxylic acids is 2. The van der Waals surface area contributed by atoms with Crippen LogP contribution in [0.3, 0.4) is 0 Å². The van der Waals surface area contributed by atoms with Gasteiger partial charge in [-0.05, 0) is 43.0 Å². The summed E-state index contributed by atoms with van der Waals surface area (Å²) in [5.74, 6) is 0.317. The maximum absolute atomic E-state index is 12.2. The molecule has 2 unspecified atom stereocenters. The summed E-state index contributed by atoms with van der Waals surface area (Å²) in [5.41, 5.74) is 1.61. The third-order valence-electron chi connectivity index (χ3n) is 3.96. The molecule has 1 saturated heterocycles. The number of benzene rings is 1. The highest BCUT2D eigenvalue weighted by Gasteiger charge is 2.26. The van der Waals surface area contributed by atoms with Crippen LogP contribution in [0.4, 0.5) is 0 Å². The Kier molecular flexibility index (Phi) is 5.33. The second-order valence-corrected chi connectivity index (χ2v) is 5.55. The normalized spacial score (nSPS) is 21.6. The molecule has 5 nitrogen and oxygen atoms in total. The molecule has 0 spiro atoms. The van der Waals surface area contributed by atoms with Gasteiger partial charge in [-0.3, -0.25) is 9.59 Å². The number of amides is 2. The second kappa shape index (κ2) is 7.22. The Hall–Kier alpha value is -1.88. The van der Waals surface area contributed by atoms with E-state index in [1.165, 1.54) is 0 Å². The molecule has 0 saturated carbocycles. The Morgan fingerprint density at radius 3 is 2.62 bits per heavy atom. The Labute approximate surface area is 125 Å². The van der Waals surface area contributed by atoms with Crippen molar-refractivity contribution in [1.29, 1.82) is 0 Å². The topological polar surface area (TPSA) is 70.2 Å². The molecular weight excluding hydrogens is 266 g/mol. The van der Waals surface area contributed by atoms with E-state index in [1.54, 1.807) is 19.2 Å². The van der Waals surface area contributed by atoms with Gasteiger partial charge in [0, 0.05) is 19.2 Å². The van der Waals surface area contributed by atoms with Crippen LogP contribution in [0.15, 0.2) is 24.3 Å². The van der Waals surface area contributed by atoms with Gasteiger partial charge >= 0.3 is 0 Å². The van der Waals surface area contributed by atoms with E-state index >= 15 is 0 Å². The zero-order valence-electron chi connectivity index (χ0n) is 12.6. The van der Waals surface area contributed by atoms with Crippen molar-refractivity contribution >= 4 is 11.8 Å². The molecule has 1 heterocycles. The molecule has 1 aromatic carbocycles. The number of piperidine rings is 1. The van der Waals surface area contributed by atoms with Crippen LogP contribution in [-0.4, -0.2) is 31.4 Å². The molecule has 0 aromatic heterocycles. The average Bonchev–Trinajstić information content (AvgIpc) is 2.52. The van der Waals surface area contributed by atoms with Crippen LogP contribution < -0.4 is 16.0 Å². The fourth-order valence-electron chi connectivity index (χ4n) is 2.62. The maximum Gasteiger partial charge on any atom is 0.251 e. The summed E-state index contributed by atoms with van der Waals surface area (Å²) in [6.07, 6.45) is 2.22. The molecule has 2 amide bonds. The highest BCUT2D eigenvalue weighted by Crippen LogP contribution is 2.15. The van der Waals surface area contributed by atoms with E-state index in [4.69, 9.17) is 0 Å². The van der Waals surface area contributed by atoms with Gasteiger partial charge in [-0.15, -0.1) is 0 Å². The van der Waals surface area contributed by atoms with Crippen molar-refractivity contribution in [2.45, 2.75) is 32.4 Å². The summed E-state index contributed by atoms with van der Waals surface area (Å²) >= 11 is 0. The van der Waals surface area contributed by atoms with E-state index in [0.717, 1.165) is 24.9 Å². The molecule has 1 fully saturated rings. The summed E-state index contributed by atoms with van der Waals surface area (Å²) in [6.45, 7) is 3.50. The van der Waals surface area contributed by atoms with Crippen molar-refractivity contribution < 1.29 is 9.59 Å². The van der Waals surface area contributed by atoms with E-state index in [0.29, 0.717) is 18.0 Å². The molecule has 0 aliphatic carbocycles. The highest BCUT2D eigenvalue weighted by atomic mass is 16.2. The number of carbonyl (C=O) groups is 2. The van der Waals surface area contributed by atoms with Crippen molar-refractivity contribution in [2.75, 3.05) is 13.6 Å². The van der Waals surface area contributed by atoms with E-state index in [9.17, 15) is 9.59 Å². The zero-order chi connectivity index (χ0) is 15.2. The molecular formula is C16H23N3O2. The quantitative estimate of drug-likeness (QED) is 0.776. The van der Waals surface area contributed by atoms with Crippen LogP contribution in [0.25, 0.3) is 0 Å². The lowest BCUT2D eigenvalue weighted by Gasteiger charge is -2.28. The van der Waals surface area contributed by atoms with Crippen molar-refractivity contribution in [3.8, 4) is 0 Å². The van der Waals surface area contributed by atoms with Gasteiger partial charge in [-0.1, -0.05) is 19.1 Å². The molecule has 0 radical (unpaired) electrons. The standard InChI is InChI=1S/C16H23N3O2/c1-11-4-3-9-18-14(11)16(21)19-10-12-5-7-13(8-6-12)15(20)17-2/h5-8,11,14,18H,3-4,9-10H2,1-2H3,(H,17,20)(H,19,21). The van der Waals surface area contributed by atoms with Crippen LogP contribution in [0, 0.1) is 5.92 Å². The average molecular weight is 289 g/mol. The summed E-state index contributed by atoms with van der Waals surface area (Å²) in [4.78, 5) is 23.6. The summed E-state index contributed by atoms with van der Waals surface area (Å²) in [7, 11) is 1.61. The first kappa shape index (κ1) is 15.5. The molecule has 21 heavy (non-hydrogen) atoms. The zero-order valence-corrected chi connectivity index (χ0v) is 12.6. The first-order chi connectivity index (χ1) is 10.1. The van der Waals surface area contributed by atoms with Crippen molar-refractivity contribution in [2.24, 2.45) is 5.92 Å². The minimum atomic E-state index is -0.106. The first-order valence-corrected chi connectivity index (χ1v) is 7.44. The molecule has 114 valence electrons. The molecule has 1 aromatic rings. The van der Waals surface area contributed by atoms with E-state index in [-0.39, 0.29) is 17.9 Å². The lowest BCUT2D eigenvalue weighted by molar-refractivity contribution is -0.125.